The number of carbonyl (C=O) groups is 3. The number of carbonyl (C=O) groups excluding carboxylic acids is 2. The first-order chi connectivity index (χ1) is 16.6. The van der Waals surface area contributed by atoms with Crippen LogP contribution in [0.4, 0.5) is 18.9 Å². The molecule has 3 N–H and O–H groups in total. The number of hydrogen-bond acceptors (Lipinski definition) is 5. The van der Waals surface area contributed by atoms with Crippen molar-refractivity contribution in [2.75, 3.05) is 37.7 Å². The predicted octanol–water partition coefficient (Wildman–Crippen LogP) is 2.85. The normalized spacial score (nSPS) is 22.4. The molecule has 0 atom stereocenters. The molecule has 0 radical (unpaired) electrons. The summed E-state index contributed by atoms with van der Waals surface area (Å²) in [5.74, 6) is -2.33. The molecule has 0 unspecified atom stereocenters. The van der Waals surface area contributed by atoms with Gasteiger partial charge in [-0.25, -0.2) is 4.79 Å². The summed E-state index contributed by atoms with van der Waals surface area (Å²) >= 11 is 0. The Morgan fingerprint density at radius 2 is 1.61 bits per heavy atom. The third kappa shape index (κ3) is 5.30. The van der Waals surface area contributed by atoms with E-state index in [1.54, 1.807) is 0 Å². The van der Waals surface area contributed by atoms with Crippen molar-refractivity contribution in [3.05, 3.63) is 30.3 Å². The number of amides is 2. The molecule has 2 heterocycles. The van der Waals surface area contributed by atoms with E-state index in [2.05, 4.69) is 60.3 Å². The fourth-order valence-electron chi connectivity index (χ4n) is 5.47. The number of nitrogens with zero attached hydrogens (tertiary/aromatic N) is 2. The summed E-state index contributed by atoms with van der Waals surface area (Å²) in [6.45, 7) is 12.5. The third-order valence-electron chi connectivity index (χ3n) is 8.34. The molecule has 4 rings (SSSR count). The van der Waals surface area contributed by atoms with Crippen LogP contribution in [0, 0.1) is 16.7 Å². The summed E-state index contributed by atoms with van der Waals surface area (Å²) in [6, 6.07) is 10.2. The second-order valence-corrected chi connectivity index (χ2v) is 10.8. The molecular weight excluding hydrogens is 477 g/mol. The molecule has 1 aliphatic carbocycles. The van der Waals surface area contributed by atoms with Crippen molar-refractivity contribution in [1.29, 1.82) is 0 Å². The number of carboxylic acids is 1. The van der Waals surface area contributed by atoms with Crippen molar-refractivity contribution < 1.29 is 32.7 Å². The smallest absolute Gasteiger partial charge is 0.475 e. The van der Waals surface area contributed by atoms with Gasteiger partial charge in [-0.1, -0.05) is 45.9 Å². The molecule has 1 aromatic rings. The van der Waals surface area contributed by atoms with Gasteiger partial charge in [0.15, 0.2) is 0 Å². The summed E-state index contributed by atoms with van der Waals surface area (Å²) in [5.41, 5.74) is 0.806. The first-order valence-electron chi connectivity index (χ1n) is 12.1. The number of piperidine rings is 1. The first-order valence-corrected chi connectivity index (χ1v) is 12.1. The van der Waals surface area contributed by atoms with Crippen LogP contribution in [0.25, 0.3) is 0 Å². The minimum absolute atomic E-state index is 0.0747. The van der Waals surface area contributed by atoms with Gasteiger partial charge in [0.2, 0.25) is 11.8 Å². The van der Waals surface area contributed by atoms with Crippen molar-refractivity contribution in [3.8, 4) is 0 Å². The molecular formula is C25H35F3N4O4. The Balaban J connectivity index is 0.000000454. The van der Waals surface area contributed by atoms with Crippen molar-refractivity contribution in [2.24, 2.45) is 16.7 Å². The molecule has 0 aromatic heterocycles. The van der Waals surface area contributed by atoms with E-state index in [4.69, 9.17) is 9.90 Å². The molecule has 3 aliphatic rings. The lowest BCUT2D eigenvalue weighted by molar-refractivity contribution is -0.192. The summed E-state index contributed by atoms with van der Waals surface area (Å²) in [6.07, 6.45) is -3.46. The van der Waals surface area contributed by atoms with E-state index in [1.807, 2.05) is 18.2 Å². The van der Waals surface area contributed by atoms with E-state index in [-0.39, 0.29) is 28.6 Å². The standard InChI is InChI=1S/C23H34N4O2.C2HF3O2/c1-21(2)18(22(21,3)4)19(28)24-12-15-26-13-10-23(11-14-26)20(29)25-16-27(23)17-8-6-5-7-9-17;3-2(4,5)1(6)7/h5-9,18H,10-16H2,1-4H3,(H,24,28)(H,25,29);(H,6,7). The molecule has 11 heteroatoms. The summed E-state index contributed by atoms with van der Waals surface area (Å²) in [7, 11) is 0. The third-order valence-corrected chi connectivity index (χ3v) is 8.34. The van der Waals surface area contributed by atoms with E-state index in [9.17, 15) is 22.8 Å². The zero-order valence-electron chi connectivity index (χ0n) is 21.1. The van der Waals surface area contributed by atoms with Gasteiger partial charge in [-0.15, -0.1) is 0 Å². The van der Waals surface area contributed by atoms with Gasteiger partial charge in [-0.3, -0.25) is 9.59 Å². The number of alkyl halides is 3. The van der Waals surface area contributed by atoms with Gasteiger partial charge in [0.05, 0.1) is 6.67 Å². The topological polar surface area (TPSA) is 102 Å². The van der Waals surface area contributed by atoms with Gasteiger partial charge in [0.25, 0.3) is 0 Å². The molecule has 1 spiro atoms. The number of rotatable bonds is 5. The van der Waals surface area contributed by atoms with Crippen molar-refractivity contribution in [2.45, 2.75) is 52.3 Å². The van der Waals surface area contributed by atoms with Crippen molar-refractivity contribution in [3.63, 3.8) is 0 Å². The lowest BCUT2D eigenvalue weighted by Gasteiger charge is -2.43. The number of benzene rings is 1. The Morgan fingerprint density at radius 3 is 2.08 bits per heavy atom. The number of halogens is 3. The average molecular weight is 513 g/mol. The average Bonchev–Trinajstić information content (AvgIpc) is 3.04. The van der Waals surface area contributed by atoms with E-state index < -0.39 is 17.7 Å². The zero-order valence-corrected chi connectivity index (χ0v) is 21.1. The highest BCUT2D eigenvalue weighted by atomic mass is 19.4. The maximum atomic E-state index is 12.7. The molecule has 3 fully saturated rings. The van der Waals surface area contributed by atoms with Crippen molar-refractivity contribution in [1.82, 2.24) is 15.5 Å². The summed E-state index contributed by atoms with van der Waals surface area (Å²) in [4.78, 5) is 38.7. The van der Waals surface area contributed by atoms with Crippen LogP contribution in [-0.4, -0.2) is 72.4 Å². The second-order valence-electron chi connectivity index (χ2n) is 10.8. The van der Waals surface area contributed by atoms with E-state index in [1.165, 1.54) is 0 Å². The highest BCUT2D eigenvalue weighted by Crippen LogP contribution is 2.68. The fourth-order valence-corrected chi connectivity index (χ4v) is 5.47. The number of anilines is 1. The molecule has 0 bridgehead atoms. The number of likely N-dealkylation sites (tertiary alicyclic amines) is 1. The molecule has 1 aromatic carbocycles. The molecule has 1 saturated carbocycles. The molecule has 8 nitrogen and oxygen atoms in total. The zero-order chi connectivity index (χ0) is 26.9. The van der Waals surface area contributed by atoms with Gasteiger partial charge < -0.3 is 25.5 Å². The van der Waals surface area contributed by atoms with Crippen LogP contribution in [0.5, 0.6) is 0 Å². The Kier molecular flexibility index (Phi) is 7.64. The van der Waals surface area contributed by atoms with E-state index >= 15 is 0 Å². The minimum Gasteiger partial charge on any atom is -0.475 e. The largest absolute Gasteiger partial charge is 0.490 e. The van der Waals surface area contributed by atoms with Crippen LogP contribution in [0.15, 0.2) is 30.3 Å². The van der Waals surface area contributed by atoms with Crippen LogP contribution in [0.3, 0.4) is 0 Å². The molecule has 200 valence electrons. The maximum absolute atomic E-state index is 12.7. The Labute approximate surface area is 209 Å². The Hall–Kier alpha value is -2.82. The van der Waals surface area contributed by atoms with Crippen molar-refractivity contribution >= 4 is 23.5 Å². The number of hydrogen-bond donors (Lipinski definition) is 3. The molecule has 36 heavy (non-hydrogen) atoms. The molecule has 2 saturated heterocycles. The van der Waals surface area contributed by atoms with Gasteiger partial charge in [-0.2, -0.15) is 13.2 Å². The van der Waals surface area contributed by atoms with Gasteiger partial charge >= 0.3 is 12.1 Å². The number of carboxylic acid groups (broad SMARTS) is 1. The van der Waals surface area contributed by atoms with Crippen LogP contribution >= 0.6 is 0 Å². The maximum Gasteiger partial charge on any atom is 0.490 e. The van der Waals surface area contributed by atoms with E-state index in [0.29, 0.717) is 13.2 Å². The van der Waals surface area contributed by atoms with Crippen LogP contribution < -0.4 is 15.5 Å². The lowest BCUT2D eigenvalue weighted by Crippen LogP contribution is -2.57. The minimum atomic E-state index is -5.08. The number of aliphatic carboxylic acids is 1. The van der Waals surface area contributed by atoms with E-state index in [0.717, 1.165) is 38.2 Å². The number of para-hydroxylation sites is 1. The SMILES string of the molecule is CC1(C)C(C(=O)NCCN2CCC3(CC2)C(=O)NCN3c2ccccc2)C1(C)C.O=C(O)C(F)(F)F. The predicted molar refractivity (Wildman–Crippen MR) is 128 cm³/mol. The Morgan fingerprint density at radius 1 is 1.08 bits per heavy atom. The quantitative estimate of drug-likeness (QED) is 0.561. The Bertz CT molecular complexity index is 959. The number of nitrogens with one attached hydrogen (secondary N) is 2. The van der Waals surface area contributed by atoms with Crippen LogP contribution in [0.1, 0.15) is 40.5 Å². The van der Waals surface area contributed by atoms with Gasteiger partial charge in [-0.05, 0) is 35.8 Å². The summed E-state index contributed by atoms with van der Waals surface area (Å²) in [5, 5.41) is 13.3. The highest BCUT2D eigenvalue weighted by Gasteiger charge is 2.68. The second kappa shape index (κ2) is 9.91. The van der Waals surface area contributed by atoms with Crippen LogP contribution in [-0.2, 0) is 14.4 Å². The lowest BCUT2D eigenvalue weighted by atomic mass is 9.85. The van der Waals surface area contributed by atoms with Gasteiger partial charge in [0, 0.05) is 37.8 Å². The molecule has 2 aliphatic heterocycles. The fraction of sp³-hybridized carbons (Fsp3) is 0.640. The van der Waals surface area contributed by atoms with Crippen LogP contribution in [0.2, 0.25) is 0 Å². The monoisotopic (exact) mass is 512 g/mol. The summed E-state index contributed by atoms with van der Waals surface area (Å²) < 4.78 is 31.7. The highest BCUT2D eigenvalue weighted by molar-refractivity contribution is 5.93. The molecule has 2 amide bonds. The first kappa shape index (κ1) is 27.8. The van der Waals surface area contributed by atoms with Gasteiger partial charge in [0.1, 0.15) is 5.54 Å².